The van der Waals surface area contributed by atoms with Gasteiger partial charge < -0.3 is 33.8 Å². The van der Waals surface area contributed by atoms with Crippen molar-refractivity contribution in [3.8, 4) is 0 Å². The fourth-order valence-electron chi connectivity index (χ4n) is 12.2. The van der Waals surface area contributed by atoms with Gasteiger partial charge in [-0.1, -0.05) is 361 Å². The van der Waals surface area contributed by atoms with Crippen LogP contribution in [0.1, 0.15) is 413 Å². The van der Waals surface area contributed by atoms with Gasteiger partial charge in [0.15, 0.2) is 12.2 Å². The SMILES string of the molecule is CCCCCC/C=C\C=C/CCCCCCCC(=O)O[C@H](COC(=O)CCCCCCCCCC)COP(=O)(O)OC[C@H](O)COP(=O)(O)OC[C@@H](COC(=O)CCCCCCCCCCCCCCCCCC)OC(=O)CCCCCCCCCCCCCCCCCCCCC(C)CC. The number of esters is 4. The van der Waals surface area contributed by atoms with Gasteiger partial charge in [0.2, 0.25) is 0 Å². The van der Waals surface area contributed by atoms with Crippen LogP contribution in [0.4, 0.5) is 0 Å². The molecule has 3 N–H and O–H groups in total. The van der Waals surface area contributed by atoms with Gasteiger partial charge in [0.1, 0.15) is 19.3 Å². The lowest BCUT2D eigenvalue weighted by Crippen LogP contribution is -2.30. The van der Waals surface area contributed by atoms with Gasteiger partial charge in [-0.2, -0.15) is 0 Å². The highest BCUT2D eigenvalue weighted by Gasteiger charge is 2.30. The molecular weight excluding hydrogens is 1320 g/mol. The zero-order valence-electron chi connectivity index (χ0n) is 65.5. The number of rotatable bonds is 80. The Hall–Kier alpha value is -2.46. The number of hydrogen-bond donors (Lipinski definition) is 3. The van der Waals surface area contributed by atoms with Gasteiger partial charge in [0.25, 0.3) is 0 Å². The number of ether oxygens (including phenoxy) is 4. The van der Waals surface area contributed by atoms with E-state index in [4.69, 9.17) is 37.0 Å². The van der Waals surface area contributed by atoms with E-state index in [9.17, 15) is 43.2 Å². The van der Waals surface area contributed by atoms with Gasteiger partial charge in [-0.25, -0.2) is 9.13 Å². The summed E-state index contributed by atoms with van der Waals surface area (Å²) in [6.07, 6.45) is 68.8. The molecule has 0 amide bonds. The predicted octanol–water partition coefficient (Wildman–Crippen LogP) is 24.4. The number of phosphoric acid groups is 2. The first-order valence-corrected chi connectivity index (χ1v) is 45.0. The van der Waals surface area contributed by atoms with Crippen LogP contribution in [0, 0.1) is 5.92 Å². The minimum atomic E-state index is -4.97. The molecule has 0 fully saturated rings. The highest BCUT2D eigenvalue weighted by Crippen LogP contribution is 2.45. The maximum atomic E-state index is 13.1. The van der Waals surface area contributed by atoms with E-state index in [1.807, 2.05) is 0 Å². The first kappa shape index (κ1) is 98.5. The summed E-state index contributed by atoms with van der Waals surface area (Å²) < 4.78 is 68.6. The smallest absolute Gasteiger partial charge is 0.462 e. The third kappa shape index (κ3) is 74.2. The lowest BCUT2D eigenvalue weighted by molar-refractivity contribution is -0.161. The molecule has 0 aliphatic carbocycles. The fraction of sp³-hybridized carbons (Fsp3) is 0.902. The molecule has 0 aromatic rings. The van der Waals surface area contributed by atoms with Gasteiger partial charge in [0, 0.05) is 25.7 Å². The number of hydrogen-bond acceptors (Lipinski definition) is 15. The number of carbonyl (C=O) groups excluding carboxylic acids is 4. The van der Waals surface area contributed by atoms with Gasteiger partial charge in [-0.3, -0.25) is 37.3 Å². The molecule has 0 saturated heterocycles. The average molecular weight is 1480 g/mol. The second-order valence-electron chi connectivity index (χ2n) is 29.1. The second-order valence-corrected chi connectivity index (χ2v) is 32.0. The third-order valence-corrected chi connectivity index (χ3v) is 20.9. The Labute approximate surface area is 618 Å². The Morgan fingerprint density at radius 2 is 0.554 bits per heavy atom. The Balaban J connectivity index is 5.21. The number of phosphoric ester groups is 2. The van der Waals surface area contributed by atoms with Crippen LogP contribution in [0.2, 0.25) is 0 Å². The van der Waals surface area contributed by atoms with Crippen LogP contribution in [-0.2, 0) is 65.4 Å². The van der Waals surface area contributed by atoms with Gasteiger partial charge in [0.05, 0.1) is 26.4 Å². The molecule has 0 aromatic heterocycles. The molecule has 0 bridgehead atoms. The normalized spacial score (nSPS) is 14.3. The maximum absolute atomic E-state index is 13.1. The van der Waals surface area contributed by atoms with Crippen LogP contribution in [0.25, 0.3) is 0 Å². The van der Waals surface area contributed by atoms with Gasteiger partial charge in [-0.05, 0) is 57.3 Å². The second kappa shape index (κ2) is 74.4. The number of aliphatic hydroxyl groups excluding tert-OH is 1. The fourth-order valence-corrected chi connectivity index (χ4v) is 13.8. The molecule has 0 aromatic carbocycles. The van der Waals surface area contributed by atoms with Crippen LogP contribution < -0.4 is 0 Å². The van der Waals surface area contributed by atoms with Crippen molar-refractivity contribution in [2.75, 3.05) is 39.6 Å². The zero-order chi connectivity index (χ0) is 74.1. The van der Waals surface area contributed by atoms with E-state index in [0.29, 0.717) is 25.7 Å². The van der Waals surface area contributed by atoms with E-state index < -0.39 is 97.5 Å². The standard InChI is InChI=1S/C82H156O17P2/c1-6-10-13-16-19-22-24-26-28-35-38-42-46-51-56-61-66-80(85)93-72-78(99-82(87)68-63-58-53-48-44-40-36-32-30-29-31-34-37-41-45-49-54-59-64-75(5)9-4)74-97-101(90,91)95-70-76(83)69-94-100(88,89)96-73-77(71-92-79(84)65-60-55-50-21-18-15-12-8-3)98-81(86)67-62-57-52-47-43-39-33-27-25-23-20-17-14-11-7-2/h23,25,27,33,75-78,83H,6-22,24,26,28-32,34-74H2,1-5H3,(H,88,89)(H,90,91)/b25-23-,33-27-/t75?,76-,77+,78+/m0/s1. The van der Waals surface area contributed by atoms with E-state index in [1.54, 1.807) is 0 Å². The monoisotopic (exact) mass is 1480 g/mol. The highest BCUT2D eigenvalue weighted by molar-refractivity contribution is 7.47. The lowest BCUT2D eigenvalue weighted by Gasteiger charge is -2.21. The number of carbonyl (C=O) groups is 4. The van der Waals surface area contributed by atoms with Crippen LogP contribution >= 0.6 is 15.6 Å². The van der Waals surface area contributed by atoms with E-state index in [0.717, 1.165) is 115 Å². The summed E-state index contributed by atoms with van der Waals surface area (Å²) in [5.74, 6) is -1.27. The largest absolute Gasteiger partial charge is 0.472 e. The molecule has 0 radical (unpaired) electrons. The molecule has 101 heavy (non-hydrogen) atoms. The van der Waals surface area contributed by atoms with Crippen molar-refractivity contribution in [3.05, 3.63) is 24.3 Å². The lowest BCUT2D eigenvalue weighted by atomic mass is 9.99. The molecule has 17 nitrogen and oxygen atoms in total. The molecule has 0 spiro atoms. The molecule has 3 unspecified atom stereocenters. The summed E-state index contributed by atoms with van der Waals surface area (Å²) in [6, 6.07) is 0. The van der Waals surface area contributed by atoms with Crippen molar-refractivity contribution in [2.45, 2.75) is 432 Å². The first-order valence-electron chi connectivity index (χ1n) is 42.0. The third-order valence-electron chi connectivity index (χ3n) is 19.0. The van der Waals surface area contributed by atoms with E-state index in [2.05, 4.69) is 58.9 Å². The first-order chi connectivity index (χ1) is 49.1. The molecule has 0 aliphatic heterocycles. The molecule has 0 rings (SSSR count). The maximum Gasteiger partial charge on any atom is 0.472 e. The predicted molar refractivity (Wildman–Crippen MR) is 414 cm³/mol. The highest BCUT2D eigenvalue weighted by atomic mass is 31.2. The molecule has 0 heterocycles. The summed E-state index contributed by atoms with van der Waals surface area (Å²) in [5.41, 5.74) is 0. The van der Waals surface area contributed by atoms with Crippen LogP contribution in [0.5, 0.6) is 0 Å². The van der Waals surface area contributed by atoms with Crippen molar-refractivity contribution in [2.24, 2.45) is 5.92 Å². The van der Waals surface area contributed by atoms with Crippen molar-refractivity contribution in [1.82, 2.24) is 0 Å². The summed E-state index contributed by atoms with van der Waals surface area (Å²) in [4.78, 5) is 72.9. The van der Waals surface area contributed by atoms with E-state index in [1.165, 1.54) is 218 Å². The molecular formula is C82H156O17P2. The van der Waals surface area contributed by atoms with E-state index >= 15 is 0 Å². The Kier molecular flexibility index (Phi) is 72.6. The van der Waals surface area contributed by atoms with Crippen molar-refractivity contribution < 1.29 is 80.2 Å². The molecule has 6 atom stereocenters. The average Bonchev–Trinajstić information content (AvgIpc) is 0.948. The Bertz CT molecular complexity index is 2020. The molecule has 0 aliphatic rings. The molecule has 19 heteroatoms. The van der Waals surface area contributed by atoms with Gasteiger partial charge in [-0.15, -0.1) is 0 Å². The quantitative estimate of drug-likeness (QED) is 0.0169. The Morgan fingerprint density at radius 3 is 0.842 bits per heavy atom. The minimum Gasteiger partial charge on any atom is -0.462 e. The molecule has 0 saturated carbocycles. The number of unbranched alkanes of at least 4 members (excludes halogenated alkanes) is 48. The topological polar surface area (TPSA) is 237 Å². The molecule has 596 valence electrons. The van der Waals surface area contributed by atoms with Crippen LogP contribution in [-0.4, -0.2) is 96.7 Å². The van der Waals surface area contributed by atoms with Crippen LogP contribution in [0.3, 0.4) is 0 Å². The van der Waals surface area contributed by atoms with Crippen LogP contribution in [0.15, 0.2) is 24.3 Å². The summed E-state index contributed by atoms with van der Waals surface area (Å²) in [6.45, 7) is 7.31. The van der Waals surface area contributed by atoms with Crippen molar-refractivity contribution in [3.63, 3.8) is 0 Å². The van der Waals surface area contributed by atoms with Crippen molar-refractivity contribution >= 4 is 39.5 Å². The van der Waals surface area contributed by atoms with Gasteiger partial charge >= 0.3 is 39.5 Å². The summed E-state index contributed by atoms with van der Waals surface area (Å²) in [5, 5.41) is 10.6. The minimum absolute atomic E-state index is 0.0853. The number of allylic oxidation sites excluding steroid dienone is 4. The zero-order valence-corrected chi connectivity index (χ0v) is 67.3. The van der Waals surface area contributed by atoms with Crippen molar-refractivity contribution in [1.29, 1.82) is 0 Å². The number of aliphatic hydroxyl groups is 1. The summed E-state index contributed by atoms with van der Waals surface area (Å²) in [7, 11) is -9.93. The Morgan fingerprint density at radius 1 is 0.317 bits per heavy atom. The summed E-state index contributed by atoms with van der Waals surface area (Å²) >= 11 is 0. The van der Waals surface area contributed by atoms with E-state index in [-0.39, 0.29) is 25.7 Å².